The zero-order valence-corrected chi connectivity index (χ0v) is 12.2. The molecule has 1 aromatic rings. The van der Waals surface area contributed by atoms with E-state index in [2.05, 4.69) is 6.92 Å². The summed E-state index contributed by atoms with van der Waals surface area (Å²) in [6.45, 7) is 2.70. The summed E-state index contributed by atoms with van der Waals surface area (Å²) in [5, 5.41) is 0. The Balaban J connectivity index is 2.21. The lowest BCUT2D eigenvalue weighted by molar-refractivity contribution is -0.122. The van der Waals surface area contributed by atoms with E-state index < -0.39 is 0 Å². The van der Waals surface area contributed by atoms with Gasteiger partial charge < -0.3 is 0 Å². The minimum atomic E-state index is -0.332. The molecule has 0 aliphatic carbocycles. The Bertz CT molecular complexity index is 542. The number of amides is 1. The SMILES string of the molecule is CCCCN1C(=O)C(=Cc2ccccc2F)SC1=S. The van der Waals surface area contributed by atoms with Crippen molar-refractivity contribution in [1.82, 2.24) is 4.90 Å². The predicted octanol–water partition coefficient (Wildman–Crippen LogP) is 3.83. The smallest absolute Gasteiger partial charge is 0.266 e. The average molecular weight is 295 g/mol. The largest absolute Gasteiger partial charge is 0.293 e. The van der Waals surface area contributed by atoms with Crippen molar-refractivity contribution < 1.29 is 9.18 Å². The normalized spacial score (nSPS) is 17.6. The van der Waals surface area contributed by atoms with Crippen LogP contribution in [0.2, 0.25) is 0 Å². The Hall–Kier alpha value is -1.20. The lowest BCUT2D eigenvalue weighted by Crippen LogP contribution is -2.28. The van der Waals surface area contributed by atoms with Gasteiger partial charge in [0.15, 0.2) is 0 Å². The van der Waals surface area contributed by atoms with Crippen molar-refractivity contribution in [3.8, 4) is 0 Å². The van der Waals surface area contributed by atoms with Crippen LogP contribution in [0.1, 0.15) is 25.3 Å². The summed E-state index contributed by atoms with van der Waals surface area (Å²) in [6, 6.07) is 6.39. The second-order valence-electron chi connectivity index (χ2n) is 4.21. The first-order valence-electron chi connectivity index (χ1n) is 6.13. The standard InChI is InChI=1S/C14H14FNOS2/c1-2-3-8-16-13(17)12(19-14(16)18)9-10-6-4-5-7-11(10)15/h4-7,9H,2-3,8H2,1H3. The number of nitrogens with zero attached hydrogens (tertiary/aromatic N) is 1. The third kappa shape index (κ3) is 3.22. The molecule has 0 radical (unpaired) electrons. The first-order chi connectivity index (χ1) is 9.13. The summed E-state index contributed by atoms with van der Waals surface area (Å²) in [5.74, 6) is -0.451. The van der Waals surface area contributed by atoms with Gasteiger partial charge in [-0.3, -0.25) is 9.69 Å². The molecule has 0 saturated carbocycles. The van der Waals surface area contributed by atoms with Gasteiger partial charge in [0.2, 0.25) is 0 Å². The molecule has 5 heteroatoms. The van der Waals surface area contributed by atoms with Crippen LogP contribution in [0.4, 0.5) is 4.39 Å². The number of carbonyl (C=O) groups excluding carboxylic acids is 1. The summed E-state index contributed by atoms with van der Waals surface area (Å²) in [4.78, 5) is 14.2. The highest BCUT2D eigenvalue weighted by atomic mass is 32.2. The van der Waals surface area contributed by atoms with Crippen LogP contribution in [0.25, 0.3) is 6.08 Å². The minimum absolute atomic E-state index is 0.119. The molecule has 1 fully saturated rings. The molecule has 1 heterocycles. The topological polar surface area (TPSA) is 20.3 Å². The quantitative estimate of drug-likeness (QED) is 0.622. The van der Waals surface area contributed by atoms with Crippen LogP contribution in [0.15, 0.2) is 29.2 Å². The fourth-order valence-electron chi connectivity index (χ4n) is 1.74. The van der Waals surface area contributed by atoms with Gasteiger partial charge in [-0.15, -0.1) is 0 Å². The lowest BCUT2D eigenvalue weighted by atomic mass is 10.2. The molecule has 1 aliphatic rings. The minimum Gasteiger partial charge on any atom is -0.293 e. The van der Waals surface area contributed by atoms with E-state index in [-0.39, 0.29) is 11.7 Å². The molecule has 100 valence electrons. The number of benzene rings is 1. The van der Waals surface area contributed by atoms with E-state index in [9.17, 15) is 9.18 Å². The zero-order valence-electron chi connectivity index (χ0n) is 10.6. The van der Waals surface area contributed by atoms with E-state index >= 15 is 0 Å². The average Bonchev–Trinajstić information content (AvgIpc) is 2.65. The lowest BCUT2D eigenvalue weighted by Gasteiger charge is -2.12. The van der Waals surface area contributed by atoms with Crippen molar-refractivity contribution >= 4 is 40.3 Å². The second kappa shape index (κ2) is 6.30. The number of rotatable bonds is 4. The molecule has 2 rings (SSSR count). The summed E-state index contributed by atoms with van der Waals surface area (Å²) in [5.41, 5.74) is 0.415. The zero-order chi connectivity index (χ0) is 13.8. The highest BCUT2D eigenvalue weighted by Crippen LogP contribution is 2.32. The van der Waals surface area contributed by atoms with Gasteiger partial charge in [0.05, 0.1) is 4.91 Å². The van der Waals surface area contributed by atoms with Gasteiger partial charge in [0.25, 0.3) is 5.91 Å². The van der Waals surface area contributed by atoms with E-state index in [0.29, 0.717) is 21.3 Å². The first kappa shape index (κ1) is 14.2. The van der Waals surface area contributed by atoms with Crippen molar-refractivity contribution in [2.24, 2.45) is 0 Å². The summed E-state index contributed by atoms with van der Waals surface area (Å²) in [7, 11) is 0. The van der Waals surface area contributed by atoms with Gasteiger partial charge in [-0.2, -0.15) is 0 Å². The fraction of sp³-hybridized carbons (Fsp3) is 0.286. The molecule has 1 saturated heterocycles. The molecular weight excluding hydrogens is 281 g/mol. The van der Waals surface area contributed by atoms with Crippen molar-refractivity contribution in [1.29, 1.82) is 0 Å². The van der Waals surface area contributed by atoms with Crippen molar-refractivity contribution in [2.45, 2.75) is 19.8 Å². The summed E-state index contributed by atoms with van der Waals surface area (Å²) >= 11 is 6.43. The predicted molar refractivity (Wildman–Crippen MR) is 81.2 cm³/mol. The van der Waals surface area contributed by atoms with Crippen LogP contribution in [-0.4, -0.2) is 21.7 Å². The third-order valence-corrected chi connectivity index (χ3v) is 4.18. The van der Waals surface area contributed by atoms with Crippen LogP contribution >= 0.6 is 24.0 Å². The summed E-state index contributed by atoms with van der Waals surface area (Å²) < 4.78 is 14.1. The number of carbonyl (C=O) groups is 1. The van der Waals surface area contributed by atoms with Gasteiger partial charge in [0, 0.05) is 12.1 Å². The monoisotopic (exact) mass is 295 g/mol. The molecule has 1 aliphatic heterocycles. The highest BCUT2D eigenvalue weighted by Gasteiger charge is 2.31. The molecule has 2 nitrogen and oxygen atoms in total. The van der Waals surface area contributed by atoms with Gasteiger partial charge in [-0.05, 0) is 18.6 Å². The van der Waals surface area contributed by atoms with E-state index in [1.165, 1.54) is 17.8 Å². The fourth-order valence-corrected chi connectivity index (χ4v) is 3.04. The first-order valence-corrected chi connectivity index (χ1v) is 7.36. The van der Waals surface area contributed by atoms with E-state index in [4.69, 9.17) is 12.2 Å². The maximum atomic E-state index is 13.6. The molecular formula is C14H14FNOS2. The number of hydrogen-bond donors (Lipinski definition) is 0. The Morgan fingerprint density at radius 3 is 2.84 bits per heavy atom. The molecule has 0 spiro atoms. The molecule has 0 unspecified atom stereocenters. The molecule has 0 aromatic heterocycles. The molecule has 1 aromatic carbocycles. The van der Waals surface area contributed by atoms with E-state index in [1.807, 2.05) is 0 Å². The number of thiocarbonyl (C=S) groups is 1. The maximum Gasteiger partial charge on any atom is 0.266 e. The number of halogens is 1. The van der Waals surface area contributed by atoms with Gasteiger partial charge in [-0.1, -0.05) is 55.5 Å². The maximum absolute atomic E-state index is 13.6. The third-order valence-electron chi connectivity index (χ3n) is 2.80. The Morgan fingerprint density at radius 1 is 1.42 bits per heavy atom. The van der Waals surface area contributed by atoms with Crippen molar-refractivity contribution in [3.63, 3.8) is 0 Å². The Labute approximate surface area is 121 Å². The number of thioether (sulfide) groups is 1. The van der Waals surface area contributed by atoms with Crippen LogP contribution < -0.4 is 0 Å². The van der Waals surface area contributed by atoms with Gasteiger partial charge >= 0.3 is 0 Å². The van der Waals surface area contributed by atoms with Crippen molar-refractivity contribution in [2.75, 3.05) is 6.54 Å². The van der Waals surface area contributed by atoms with Gasteiger partial charge in [0.1, 0.15) is 10.1 Å². The van der Waals surface area contributed by atoms with E-state index in [1.54, 1.807) is 29.2 Å². The van der Waals surface area contributed by atoms with Crippen LogP contribution in [0.5, 0.6) is 0 Å². The second-order valence-corrected chi connectivity index (χ2v) is 5.88. The van der Waals surface area contributed by atoms with Crippen molar-refractivity contribution in [3.05, 3.63) is 40.6 Å². The van der Waals surface area contributed by atoms with Crippen LogP contribution in [0, 0.1) is 5.82 Å². The molecule has 0 bridgehead atoms. The Morgan fingerprint density at radius 2 is 2.16 bits per heavy atom. The van der Waals surface area contributed by atoms with Crippen LogP contribution in [0.3, 0.4) is 0 Å². The molecule has 19 heavy (non-hydrogen) atoms. The molecule has 0 N–H and O–H groups in total. The van der Waals surface area contributed by atoms with Crippen LogP contribution in [-0.2, 0) is 4.79 Å². The molecule has 0 atom stereocenters. The Kier molecular flexibility index (Phi) is 4.71. The number of unbranched alkanes of at least 4 members (excludes halogenated alkanes) is 1. The summed E-state index contributed by atoms with van der Waals surface area (Å²) in [6.07, 6.45) is 3.49. The number of hydrogen-bond acceptors (Lipinski definition) is 3. The van der Waals surface area contributed by atoms with E-state index in [0.717, 1.165) is 12.8 Å². The van der Waals surface area contributed by atoms with Gasteiger partial charge in [-0.25, -0.2) is 4.39 Å². The highest BCUT2D eigenvalue weighted by molar-refractivity contribution is 8.26. The molecule has 1 amide bonds.